The van der Waals surface area contributed by atoms with Gasteiger partial charge in [0.1, 0.15) is 11.6 Å². The Hall–Kier alpha value is -2.73. The Bertz CT molecular complexity index is 1170. The number of carbonyl (C=O) groups is 1. The third-order valence-corrected chi connectivity index (χ3v) is 5.86. The van der Waals surface area contributed by atoms with Gasteiger partial charge in [-0.3, -0.25) is 14.2 Å². The van der Waals surface area contributed by atoms with Crippen LogP contribution in [0.1, 0.15) is 45.0 Å². The van der Waals surface area contributed by atoms with E-state index in [0.29, 0.717) is 35.4 Å². The Morgan fingerprint density at radius 3 is 2.63 bits per heavy atom. The van der Waals surface area contributed by atoms with E-state index in [-0.39, 0.29) is 28.4 Å². The van der Waals surface area contributed by atoms with E-state index >= 15 is 0 Å². The Balaban J connectivity index is 1.97. The molecule has 0 N–H and O–H groups in total. The van der Waals surface area contributed by atoms with Gasteiger partial charge in [0.2, 0.25) is 5.91 Å². The molecule has 1 aliphatic carbocycles. The molecular weight excluding hydrogens is 405 g/mol. The largest absolute Gasteiger partial charge is 0.333 e. The summed E-state index contributed by atoms with van der Waals surface area (Å²) in [4.78, 5) is 33.0. The van der Waals surface area contributed by atoms with Gasteiger partial charge in [0.25, 0.3) is 5.56 Å². The molecule has 1 amide bonds. The average Bonchev–Trinajstić information content (AvgIpc) is 3.59. The topological polar surface area (TPSA) is 55.2 Å². The number of fused-ring (bicyclic) bond motifs is 1. The lowest BCUT2D eigenvalue weighted by atomic mass is 10.1. The van der Waals surface area contributed by atoms with Gasteiger partial charge in [0, 0.05) is 12.5 Å². The van der Waals surface area contributed by atoms with E-state index in [9.17, 15) is 14.0 Å². The van der Waals surface area contributed by atoms with Crippen molar-refractivity contribution in [2.24, 2.45) is 5.92 Å². The second kappa shape index (κ2) is 8.19. The lowest BCUT2D eigenvalue weighted by Crippen LogP contribution is -2.39. The summed E-state index contributed by atoms with van der Waals surface area (Å²) in [7, 11) is 0. The number of amides is 1. The summed E-state index contributed by atoms with van der Waals surface area (Å²) in [6.45, 7) is 4.42. The summed E-state index contributed by atoms with van der Waals surface area (Å²) in [5, 5.41) is 0.376. The van der Waals surface area contributed by atoms with E-state index in [4.69, 9.17) is 16.6 Å². The van der Waals surface area contributed by atoms with Gasteiger partial charge in [-0.15, -0.1) is 0 Å². The van der Waals surface area contributed by atoms with Gasteiger partial charge in [0.15, 0.2) is 0 Å². The molecule has 7 heteroatoms. The van der Waals surface area contributed by atoms with Crippen molar-refractivity contribution < 1.29 is 9.18 Å². The van der Waals surface area contributed by atoms with Crippen LogP contribution in [0.15, 0.2) is 47.3 Å². The van der Waals surface area contributed by atoms with Gasteiger partial charge in [-0.05, 0) is 56.5 Å². The molecule has 0 bridgehead atoms. The molecule has 0 aliphatic heterocycles. The smallest absolute Gasteiger partial charge is 0.266 e. The molecular formula is C23H23ClFN3O2. The molecule has 156 valence electrons. The van der Waals surface area contributed by atoms with Crippen molar-refractivity contribution in [3.63, 3.8) is 0 Å². The normalized spacial score (nSPS) is 14.7. The first-order chi connectivity index (χ1) is 14.5. The number of hydrogen-bond donors (Lipinski definition) is 0. The number of aromatic nitrogens is 2. The maximum absolute atomic E-state index is 13.8. The van der Waals surface area contributed by atoms with Crippen LogP contribution in [0.5, 0.6) is 0 Å². The van der Waals surface area contributed by atoms with Crippen LogP contribution < -0.4 is 5.56 Å². The molecule has 4 rings (SSSR count). The van der Waals surface area contributed by atoms with Crippen LogP contribution in [0.2, 0.25) is 5.02 Å². The molecule has 1 saturated carbocycles. The summed E-state index contributed by atoms with van der Waals surface area (Å²) in [5.41, 5.74) is 0.718. The molecule has 0 radical (unpaired) electrons. The van der Waals surface area contributed by atoms with Gasteiger partial charge < -0.3 is 4.90 Å². The van der Waals surface area contributed by atoms with Gasteiger partial charge in [-0.1, -0.05) is 30.7 Å². The summed E-state index contributed by atoms with van der Waals surface area (Å²) in [6, 6.07) is 10.9. The molecule has 2 aromatic carbocycles. The molecule has 1 heterocycles. The zero-order valence-corrected chi connectivity index (χ0v) is 17.7. The number of rotatable bonds is 6. The Morgan fingerprint density at radius 2 is 2.00 bits per heavy atom. The Kier molecular flexibility index (Phi) is 5.60. The molecule has 5 nitrogen and oxygen atoms in total. The van der Waals surface area contributed by atoms with E-state index in [2.05, 4.69) is 0 Å². The van der Waals surface area contributed by atoms with Crippen LogP contribution >= 0.6 is 11.6 Å². The van der Waals surface area contributed by atoms with Gasteiger partial charge >= 0.3 is 0 Å². The molecule has 1 aromatic heterocycles. The fourth-order valence-corrected chi connectivity index (χ4v) is 4.06. The van der Waals surface area contributed by atoms with E-state index < -0.39 is 5.82 Å². The number of para-hydroxylation sites is 1. The minimum Gasteiger partial charge on any atom is -0.333 e. The van der Waals surface area contributed by atoms with Crippen molar-refractivity contribution in [3.8, 4) is 5.69 Å². The van der Waals surface area contributed by atoms with Crippen molar-refractivity contribution in [1.29, 1.82) is 0 Å². The van der Waals surface area contributed by atoms with Gasteiger partial charge in [-0.2, -0.15) is 0 Å². The summed E-state index contributed by atoms with van der Waals surface area (Å²) < 4.78 is 15.3. The Morgan fingerprint density at radius 1 is 1.27 bits per heavy atom. The van der Waals surface area contributed by atoms with Crippen molar-refractivity contribution in [2.45, 2.75) is 39.2 Å². The quantitative estimate of drug-likeness (QED) is 0.563. The zero-order valence-electron chi connectivity index (χ0n) is 16.9. The van der Waals surface area contributed by atoms with Crippen LogP contribution in [0.4, 0.5) is 4.39 Å². The van der Waals surface area contributed by atoms with E-state index in [1.165, 1.54) is 22.8 Å². The molecule has 30 heavy (non-hydrogen) atoms. The van der Waals surface area contributed by atoms with E-state index in [1.807, 2.05) is 19.9 Å². The van der Waals surface area contributed by atoms with Crippen molar-refractivity contribution >= 4 is 28.4 Å². The second-order valence-electron chi connectivity index (χ2n) is 7.55. The Labute approximate surface area is 179 Å². The van der Waals surface area contributed by atoms with Crippen LogP contribution in [0.3, 0.4) is 0 Å². The highest BCUT2D eigenvalue weighted by Crippen LogP contribution is 2.35. The number of benzene rings is 2. The SMILES string of the molecule is CCC(c1nc2ccccc2c(=O)n1-c1ccc(F)c(Cl)c1)N(CC)C(=O)C1CC1. The van der Waals surface area contributed by atoms with Crippen LogP contribution in [0.25, 0.3) is 16.6 Å². The predicted octanol–water partition coefficient (Wildman–Crippen LogP) is 4.89. The van der Waals surface area contributed by atoms with Crippen LogP contribution in [-0.2, 0) is 4.79 Å². The first-order valence-corrected chi connectivity index (χ1v) is 10.6. The van der Waals surface area contributed by atoms with Crippen molar-refractivity contribution in [1.82, 2.24) is 14.5 Å². The molecule has 1 fully saturated rings. The molecule has 0 saturated heterocycles. The summed E-state index contributed by atoms with van der Waals surface area (Å²) in [6.07, 6.45) is 2.39. The monoisotopic (exact) mass is 427 g/mol. The highest BCUT2D eigenvalue weighted by molar-refractivity contribution is 6.30. The summed E-state index contributed by atoms with van der Waals surface area (Å²) >= 11 is 6.01. The van der Waals surface area contributed by atoms with Crippen LogP contribution in [0, 0.1) is 11.7 Å². The average molecular weight is 428 g/mol. The lowest BCUT2D eigenvalue weighted by molar-refractivity contribution is -0.135. The number of carbonyl (C=O) groups excluding carboxylic acids is 1. The first-order valence-electron chi connectivity index (χ1n) is 10.2. The molecule has 1 atom stereocenters. The minimum absolute atomic E-state index is 0.0555. The number of halogens is 2. The van der Waals surface area contributed by atoms with Gasteiger partial charge in [0.05, 0.1) is 27.7 Å². The van der Waals surface area contributed by atoms with Crippen molar-refractivity contribution in [2.75, 3.05) is 6.54 Å². The molecule has 3 aromatic rings. The zero-order chi connectivity index (χ0) is 21.4. The second-order valence-corrected chi connectivity index (χ2v) is 7.96. The maximum Gasteiger partial charge on any atom is 0.266 e. The number of hydrogen-bond acceptors (Lipinski definition) is 3. The fraction of sp³-hybridized carbons (Fsp3) is 0.348. The lowest BCUT2D eigenvalue weighted by Gasteiger charge is -2.31. The van der Waals surface area contributed by atoms with Crippen molar-refractivity contribution in [3.05, 3.63) is 69.5 Å². The molecule has 1 unspecified atom stereocenters. The van der Waals surface area contributed by atoms with E-state index in [1.54, 1.807) is 23.1 Å². The molecule has 1 aliphatic rings. The van der Waals surface area contributed by atoms with Gasteiger partial charge in [-0.25, -0.2) is 9.37 Å². The highest BCUT2D eigenvalue weighted by Gasteiger charge is 2.37. The third kappa shape index (κ3) is 3.60. The highest BCUT2D eigenvalue weighted by atomic mass is 35.5. The standard InChI is InChI=1S/C23H23ClFN3O2/c1-3-20(27(4-2)22(29)14-9-10-14)21-26-19-8-6-5-7-16(19)23(30)28(21)15-11-12-18(25)17(24)13-15/h5-8,11-14,20H,3-4,9-10H2,1-2H3. The predicted molar refractivity (Wildman–Crippen MR) is 115 cm³/mol. The first kappa shape index (κ1) is 20.5. The summed E-state index contributed by atoms with van der Waals surface area (Å²) in [5.74, 6) is 0.0463. The fourth-order valence-electron chi connectivity index (χ4n) is 3.88. The number of nitrogens with zero attached hydrogens (tertiary/aromatic N) is 3. The third-order valence-electron chi connectivity index (χ3n) is 5.57. The van der Waals surface area contributed by atoms with Crippen LogP contribution in [-0.4, -0.2) is 26.9 Å². The minimum atomic E-state index is -0.560. The maximum atomic E-state index is 13.8. The molecule has 0 spiro atoms. The van der Waals surface area contributed by atoms with E-state index in [0.717, 1.165) is 12.8 Å².